The number of nitrogens with zero attached hydrogens (tertiary/aromatic N) is 3. The van der Waals surface area contributed by atoms with E-state index in [4.69, 9.17) is 0 Å². The highest BCUT2D eigenvalue weighted by molar-refractivity contribution is 7.15. The van der Waals surface area contributed by atoms with E-state index in [0.29, 0.717) is 12.1 Å². The van der Waals surface area contributed by atoms with Crippen LogP contribution in [0.3, 0.4) is 0 Å². The molecule has 0 amide bonds. The number of hydrogen-bond donors (Lipinski definition) is 1. The Hall–Kier alpha value is -0.650. The monoisotopic (exact) mass is 269 g/mol. The maximum atomic E-state index is 9.35. The third kappa shape index (κ3) is 2.53. The standard InChI is InChI=1S/C13H23N3OS/c1-5-11-12(8-17)18-13(14-11)16-6-9(2)15(4)10(3)7-16/h9-10,17H,5-8H2,1-4H3. The molecular formula is C13H23N3OS. The van der Waals surface area contributed by atoms with Gasteiger partial charge in [0.25, 0.3) is 0 Å². The van der Waals surface area contributed by atoms with Crippen LogP contribution in [0.2, 0.25) is 0 Å². The van der Waals surface area contributed by atoms with Crippen molar-refractivity contribution in [2.45, 2.75) is 45.9 Å². The van der Waals surface area contributed by atoms with Crippen LogP contribution in [0.15, 0.2) is 0 Å². The van der Waals surface area contributed by atoms with Gasteiger partial charge in [0.2, 0.25) is 0 Å². The molecule has 1 aromatic rings. The minimum absolute atomic E-state index is 0.111. The number of aliphatic hydroxyl groups is 1. The van der Waals surface area contributed by atoms with Crippen molar-refractivity contribution in [3.05, 3.63) is 10.6 Å². The summed E-state index contributed by atoms with van der Waals surface area (Å²) in [4.78, 5) is 10.5. The maximum Gasteiger partial charge on any atom is 0.185 e. The van der Waals surface area contributed by atoms with Gasteiger partial charge in [0.15, 0.2) is 5.13 Å². The minimum Gasteiger partial charge on any atom is -0.391 e. The normalized spacial score (nSPS) is 25.7. The summed E-state index contributed by atoms with van der Waals surface area (Å²) in [7, 11) is 2.19. The summed E-state index contributed by atoms with van der Waals surface area (Å²) < 4.78 is 0. The largest absolute Gasteiger partial charge is 0.391 e. The molecule has 1 aliphatic heterocycles. The second-order valence-electron chi connectivity index (χ2n) is 5.15. The molecule has 0 bridgehead atoms. The van der Waals surface area contributed by atoms with Crippen molar-refractivity contribution >= 4 is 16.5 Å². The molecule has 0 aliphatic carbocycles. The van der Waals surface area contributed by atoms with E-state index in [-0.39, 0.29) is 6.61 Å². The van der Waals surface area contributed by atoms with E-state index < -0.39 is 0 Å². The van der Waals surface area contributed by atoms with E-state index in [1.54, 1.807) is 11.3 Å². The van der Waals surface area contributed by atoms with Gasteiger partial charge in [0.1, 0.15) is 0 Å². The average Bonchev–Trinajstić information content (AvgIpc) is 2.78. The van der Waals surface area contributed by atoms with Gasteiger partial charge in [-0.3, -0.25) is 4.90 Å². The first kappa shape index (κ1) is 13.8. The van der Waals surface area contributed by atoms with Crippen molar-refractivity contribution in [1.29, 1.82) is 0 Å². The van der Waals surface area contributed by atoms with Crippen molar-refractivity contribution in [3.63, 3.8) is 0 Å². The van der Waals surface area contributed by atoms with E-state index in [9.17, 15) is 5.11 Å². The lowest BCUT2D eigenvalue weighted by atomic mass is 10.1. The molecule has 2 atom stereocenters. The van der Waals surface area contributed by atoms with Gasteiger partial charge in [-0.25, -0.2) is 4.98 Å². The number of thiazole rings is 1. The predicted molar refractivity (Wildman–Crippen MR) is 76.3 cm³/mol. The van der Waals surface area contributed by atoms with Crippen molar-refractivity contribution in [2.24, 2.45) is 0 Å². The molecule has 0 saturated carbocycles. The Balaban J connectivity index is 2.19. The Morgan fingerprint density at radius 1 is 1.33 bits per heavy atom. The minimum atomic E-state index is 0.111. The molecule has 18 heavy (non-hydrogen) atoms. The van der Waals surface area contributed by atoms with Gasteiger partial charge in [-0.15, -0.1) is 0 Å². The zero-order valence-electron chi connectivity index (χ0n) is 11.7. The fraction of sp³-hybridized carbons (Fsp3) is 0.769. The van der Waals surface area contributed by atoms with Crippen LogP contribution in [0.4, 0.5) is 5.13 Å². The number of rotatable bonds is 3. The molecule has 0 radical (unpaired) electrons. The molecule has 1 saturated heterocycles. The molecule has 2 rings (SSSR count). The predicted octanol–water partition coefficient (Wildman–Crippen LogP) is 1.73. The molecular weight excluding hydrogens is 246 g/mol. The second kappa shape index (κ2) is 5.55. The van der Waals surface area contributed by atoms with E-state index >= 15 is 0 Å². The lowest BCUT2D eigenvalue weighted by Gasteiger charge is -2.42. The van der Waals surface area contributed by atoms with Gasteiger partial charge >= 0.3 is 0 Å². The Morgan fingerprint density at radius 2 is 1.94 bits per heavy atom. The van der Waals surface area contributed by atoms with Crippen molar-refractivity contribution < 1.29 is 5.11 Å². The van der Waals surface area contributed by atoms with E-state index in [0.717, 1.165) is 35.2 Å². The molecule has 1 N–H and O–H groups in total. The Morgan fingerprint density at radius 3 is 2.39 bits per heavy atom. The quantitative estimate of drug-likeness (QED) is 0.907. The van der Waals surface area contributed by atoms with Gasteiger partial charge in [0.05, 0.1) is 17.2 Å². The van der Waals surface area contributed by atoms with Crippen LogP contribution >= 0.6 is 11.3 Å². The second-order valence-corrected chi connectivity index (χ2v) is 6.21. The number of likely N-dealkylation sites (N-methyl/N-ethyl adjacent to an activating group) is 1. The topological polar surface area (TPSA) is 39.6 Å². The van der Waals surface area contributed by atoms with E-state index in [1.165, 1.54) is 0 Å². The fourth-order valence-corrected chi connectivity index (χ4v) is 3.49. The van der Waals surface area contributed by atoms with E-state index in [1.807, 2.05) is 0 Å². The summed E-state index contributed by atoms with van der Waals surface area (Å²) >= 11 is 1.64. The van der Waals surface area contributed by atoms with Crippen LogP contribution in [-0.2, 0) is 13.0 Å². The van der Waals surface area contributed by atoms with Crippen LogP contribution in [0.25, 0.3) is 0 Å². The SMILES string of the molecule is CCc1nc(N2CC(C)N(C)C(C)C2)sc1CO. The first-order valence-electron chi connectivity index (χ1n) is 6.63. The Bertz CT molecular complexity index is 373. The van der Waals surface area contributed by atoms with Crippen LogP contribution in [-0.4, -0.2) is 47.2 Å². The lowest BCUT2D eigenvalue weighted by Crippen LogP contribution is -2.55. The number of aliphatic hydroxyl groups excluding tert-OH is 1. The summed E-state index contributed by atoms with van der Waals surface area (Å²) in [6.45, 7) is 8.74. The molecule has 2 heterocycles. The fourth-order valence-electron chi connectivity index (χ4n) is 2.47. The van der Waals surface area contributed by atoms with Crippen molar-refractivity contribution in [2.75, 3.05) is 25.0 Å². The number of anilines is 1. The number of aryl methyl sites for hydroxylation is 1. The van der Waals surface area contributed by atoms with Gasteiger partial charge in [-0.05, 0) is 27.3 Å². The molecule has 5 heteroatoms. The zero-order valence-corrected chi connectivity index (χ0v) is 12.5. The van der Waals surface area contributed by atoms with E-state index in [2.05, 4.69) is 42.6 Å². The smallest absolute Gasteiger partial charge is 0.185 e. The van der Waals surface area contributed by atoms with Gasteiger partial charge in [-0.2, -0.15) is 0 Å². The van der Waals surface area contributed by atoms with Crippen LogP contribution in [0, 0.1) is 0 Å². The molecule has 102 valence electrons. The molecule has 1 aromatic heterocycles. The molecule has 0 spiro atoms. The maximum absolute atomic E-state index is 9.35. The third-order valence-corrected chi connectivity index (χ3v) is 5.02. The molecule has 0 aromatic carbocycles. The molecule has 2 unspecified atom stereocenters. The number of piperazine rings is 1. The van der Waals surface area contributed by atoms with Crippen LogP contribution < -0.4 is 4.90 Å². The van der Waals surface area contributed by atoms with Gasteiger partial charge in [0, 0.05) is 25.2 Å². The molecule has 4 nitrogen and oxygen atoms in total. The molecule has 1 aliphatic rings. The summed E-state index contributed by atoms with van der Waals surface area (Å²) in [5, 5.41) is 10.4. The third-order valence-electron chi connectivity index (χ3n) is 3.88. The first-order valence-corrected chi connectivity index (χ1v) is 7.44. The van der Waals surface area contributed by atoms with Gasteiger partial charge in [-0.1, -0.05) is 18.3 Å². The Kier molecular flexibility index (Phi) is 4.25. The van der Waals surface area contributed by atoms with Crippen molar-refractivity contribution in [1.82, 2.24) is 9.88 Å². The number of hydrogen-bond acceptors (Lipinski definition) is 5. The Labute approximate surface area is 113 Å². The summed E-state index contributed by atoms with van der Waals surface area (Å²) in [5.74, 6) is 0. The highest BCUT2D eigenvalue weighted by atomic mass is 32.1. The highest BCUT2D eigenvalue weighted by Crippen LogP contribution is 2.29. The summed E-state index contributed by atoms with van der Waals surface area (Å²) in [6, 6.07) is 1.08. The van der Waals surface area contributed by atoms with Crippen molar-refractivity contribution in [3.8, 4) is 0 Å². The van der Waals surface area contributed by atoms with Crippen LogP contribution in [0.5, 0.6) is 0 Å². The zero-order chi connectivity index (χ0) is 13.3. The highest BCUT2D eigenvalue weighted by Gasteiger charge is 2.28. The lowest BCUT2D eigenvalue weighted by molar-refractivity contribution is 0.170. The first-order chi connectivity index (χ1) is 8.56. The van der Waals surface area contributed by atoms with Gasteiger partial charge < -0.3 is 10.0 Å². The van der Waals surface area contributed by atoms with Crippen LogP contribution in [0.1, 0.15) is 31.3 Å². The summed E-state index contributed by atoms with van der Waals surface area (Å²) in [6.07, 6.45) is 0.894. The summed E-state index contributed by atoms with van der Waals surface area (Å²) in [5.41, 5.74) is 1.05. The average molecular weight is 269 g/mol. The number of aromatic nitrogens is 1. The molecule has 1 fully saturated rings.